The zero-order valence-corrected chi connectivity index (χ0v) is 11.3. The number of carbonyl (C=O) groups excluding carboxylic acids is 1. The second-order valence-corrected chi connectivity index (χ2v) is 6.19. The molecule has 6 nitrogen and oxygen atoms in total. The lowest BCUT2D eigenvalue weighted by molar-refractivity contribution is 0.1000. The molecule has 0 spiro atoms. The number of aliphatic hydroxyl groups is 1. The van der Waals surface area contributed by atoms with E-state index in [0.29, 0.717) is 5.56 Å². The van der Waals surface area contributed by atoms with E-state index in [0.717, 1.165) is 0 Å². The fourth-order valence-electron chi connectivity index (χ4n) is 1.65. The number of carbonyl (C=O) groups is 1. The number of amides is 1. The van der Waals surface area contributed by atoms with Gasteiger partial charge < -0.3 is 10.8 Å². The van der Waals surface area contributed by atoms with Crippen molar-refractivity contribution >= 4 is 15.6 Å². The van der Waals surface area contributed by atoms with Crippen LogP contribution in [0.5, 0.6) is 0 Å². The first-order chi connectivity index (χ1) is 9.45. The molecule has 20 heavy (non-hydrogen) atoms. The standard InChI is InChI=1S/C13H13N3O3S/c14-13(18)10-1-3-11(4-2-10)20(15,19)12-5-9(8-17)6-16-7-12/h1-7,15,17H,8H2,(H2,14,18). The number of pyridine rings is 1. The number of aliphatic hydroxyl groups excluding tert-OH is 1. The Labute approximate surface area is 116 Å². The molecule has 1 unspecified atom stereocenters. The van der Waals surface area contributed by atoms with E-state index in [4.69, 9.17) is 15.6 Å². The van der Waals surface area contributed by atoms with Gasteiger partial charge in [-0.15, -0.1) is 0 Å². The van der Waals surface area contributed by atoms with Crippen LogP contribution >= 0.6 is 0 Å². The van der Waals surface area contributed by atoms with E-state index in [1.165, 1.54) is 42.7 Å². The summed E-state index contributed by atoms with van der Waals surface area (Å²) >= 11 is 0. The van der Waals surface area contributed by atoms with E-state index >= 15 is 0 Å². The first kappa shape index (κ1) is 14.2. The van der Waals surface area contributed by atoms with Gasteiger partial charge in [-0.1, -0.05) is 0 Å². The molecule has 0 aliphatic carbocycles. The van der Waals surface area contributed by atoms with Crippen LogP contribution in [-0.2, 0) is 16.3 Å². The second kappa shape index (κ2) is 5.40. The highest BCUT2D eigenvalue weighted by molar-refractivity contribution is 7.92. The number of hydrogen-bond donors (Lipinski definition) is 3. The Morgan fingerprint density at radius 3 is 2.45 bits per heavy atom. The number of nitrogens with zero attached hydrogens (tertiary/aromatic N) is 1. The highest BCUT2D eigenvalue weighted by Crippen LogP contribution is 2.22. The lowest BCUT2D eigenvalue weighted by Gasteiger charge is -2.09. The minimum absolute atomic E-state index is 0.205. The van der Waals surface area contributed by atoms with E-state index in [-0.39, 0.29) is 22.0 Å². The largest absolute Gasteiger partial charge is 0.392 e. The van der Waals surface area contributed by atoms with Gasteiger partial charge in [0.1, 0.15) is 9.73 Å². The average Bonchev–Trinajstić information content (AvgIpc) is 2.47. The number of primary amides is 1. The van der Waals surface area contributed by atoms with Crippen molar-refractivity contribution in [3.8, 4) is 0 Å². The monoisotopic (exact) mass is 291 g/mol. The van der Waals surface area contributed by atoms with Gasteiger partial charge in [0.05, 0.1) is 16.4 Å². The van der Waals surface area contributed by atoms with Crippen molar-refractivity contribution in [3.05, 3.63) is 53.9 Å². The van der Waals surface area contributed by atoms with E-state index in [2.05, 4.69) is 4.98 Å². The molecule has 104 valence electrons. The van der Waals surface area contributed by atoms with Gasteiger partial charge in [0.15, 0.2) is 0 Å². The Balaban J connectivity index is 2.46. The van der Waals surface area contributed by atoms with Crippen LogP contribution in [0, 0.1) is 4.78 Å². The molecule has 0 bridgehead atoms. The highest BCUT2D eigenvalue weighted by Gasteiger charge is 2.15. The number of hydrogen-bond acceptors (Lipinski definition) is 5. The van der Waals surface area contributed by atoms with Gasteiger partial charge in [0.25, 0.3) is 0 Å². The molecule has 4 N–H and O–H groups in total. The summed E-state index contributed by atoms with van der Waals surface area (Å²) in [5.41, 5.74) is 5.89. The summed E-state index contributed by atoms with van der Waals surface area (Å²) in [6.45, 7) is -0.239. The smallest absolute Gasteiger partial charge is 0.248 e. The van der Waals surface area contributed by atoms with Crippen LogP contribution in [0.1, 0.15) is 15.9 Å². The first-order valence-corrected chi connectivity index (χ1v) is 7.24. The Bertz CT molecular complexity index is 740. The third kappa shape index (κ3) is 2.68. The minimum Gasteiger partial charge on any atom is -0.392 e. The van der Waals surface area contributed by atoms with Crippen LogP contribution < -0.4 is 5.73 Å². The quantitative estimate of drug-likeness (QED) is 0.782. The maximum absolute atomic E-state index is 12.6. The molecule has 7 heteroatoms. The topological polar surface area (TPSA) is 117 Å². The highest BCUT2D eigenvalue weighted by atomic mass is 32.2. The van der Waals surface area contributed by atoms with Gasteiger partial charge in [-0.05, 0) is 35.9 Å². The molecule has 0 fully saturated rings. The fraction of sp³-hybridized carbons (Fsp3) is 0.0769. The summed E-state index contributed by atoms with van der Waals surface area (Å²) in [7, 11) is -3.24. The summed E-state index contributed by atoms with van der Waals surface area (Å²) in [6, 6.07) is 7.19. The van der Waals surface area contributed by atoms with Crippen molar-refractivity contribution in [2.75, 3.05) is 0 Å². The lowest BCUT2D eigenvalue weighted by atomic mass is 10.2. The van der Waals surface area contributed by atoms with Crippen LogP contribution in [0.15, 0.2) is 52.5 Å². The van der Waals surface area contributed by atoms with Gasteiger partial charge in [-0.3, -0.25) is 9.78 Å². The predicted molar refractivity (Wildman–Crippen MR) is 72.5 cm³/mol. The van der Waals surface area contributed by atoms with Crippen molar-refractivity contribution in [1.82, 2.24) is 4.98 Å². The second-order valence-electron chi connectivity index (χ2n) is 4.13. The number of rotatable bonds is 4. The lowest BCUT2D eigenvalue weighted by Crippen LogP contribution is -2.11. The van der Waals surface area contributed by atoms with Crippen LogP contribution in [0.3, 0.4) is 0 Å². The van der Waals surface area contributed by atoms with Crippen LogP contribution in [-0.4, -0.2) is 20.2 Å². The number of aromatic nitrogens is 1. The van der Waals surface area contributed by atoms with Crippen molar-refractivity contribution in [2.24, 2.45) is 5.73 Å². The number of benzene rings is 1. The summed E-state index contributed by atoms with van der Waals surface area (Å²) < 4.78 is 20.6. The Kier molecular flexibility index (Phi) is 3.82. The zero-order valence-electron chi connectivity index (χ0n) is 10.4. The Hall–Kier alpha value is -2.25. The maximum Gasteiger partial charge on any atom is 0.248 e. The van der Waals surface area contributed by atoms with Gasteiger partial charge >= 0.3 is 0 Å². The summed E-state index contributed by atoms with van der Waals surface area (Å²) in [5.74, 6) is -0.586. The Morgan fingerprint density at radius 1 is 1.25 bits per heavy atom. The van der Waals surface area contributed by atoms with E-state index in [1.807, 2.05) is 0 Å². The number of nitrogens with two attached hydrogens (primary N) is 1. The van der Waals surface area contributed by atoms with E-state index in [9.17, 15) is 9.00 Å². The first-order valence-electron chi connectivity index (χ1n) is 5.68. The third-order valence-electron chi connectivity index (χ3n) is 2.76. The summed E-state index contributed by atoms with van der Waals surface area (Å²) in [4.78, 5) is 15.3. The van der Waals surface area contributed by atoms with E-state index < -0.39 is 15.6 Å². The SMILES string of the molecule is N=S(=O)(c1ccc(C(N)=O)cc1)c1cncc(CO)c1. The van der Waals surface area contributed by atoms with Crippen molar-refractivity contribution in [3.63, 3.8) is 0 Å². The van der Waals surface area contributed by atoms with Gasteiger partial charge in [0, 0.05) is 18.0 Å². The third-order valence-corrected chi connectivity index (χ3v) is 4.58. The molecular formula is C13H13N3O3S. The molecular weight excluding hydrogens is 278 g/mol. The molecule has 2 rings (SSSR count). The van der Waals surface area contributed by atoms with Crippen molar-refractivity contribution in [2.45, 2.75) is 16.4 Å². The zero-order chi connectivity index (χ0) is 14.8. The molecule has 0 saturated heterocycles. The number of nitrogens with one attached hydrogen (secondary N) is 1. The molecule has 1 heterocycles. The molecule has 0 aliphatic rings. The molecule has 0 saturated carbocycles. The molecule has 1 atom stereocenters. The maximum atomic E-state index is 12.6. The van der Waals surface area contributed by atoms with Crippen molar-refractivity contribution in [1.29, 1.82) is 4.78 Å². The van der Waals surface area contributed by atoms with Crippen LogP contribution in [0.25, 0.3) is 0 Å². The normalized spacial score (nSPS) is 13.7. The van der Waals surface area contributed by atoms with Crippen LogP contribution in [0.4, 0.5) is 0 Å². The summed E-state index contributed by atoms with van der Waals surface area (Å²) in [6.07, 6.45) is 2.77. The minimum atomic E-state index is -3.24. The summed E-state index contributed by atoms with van der Waals surface area (Å²) in [5, 5.41) is 9.05. The van der Waals surface area contributed by atoms with Gasteiger partial charge in [-0.25, -0.2) is 8.99 Å². The van der Waals surface area contributed by atoms with Crippen LogP contribution in [0.2, 0.25) is 0 Å². The Morgan fingerprint density at radius 2 is 1.90 bits per heavy atom. The molecule has 0 aliphatic heterocycles. The molecule has 1 amide bonds. The van der Waals surface area contributed by atoms with Crippen molar-refractivity contribution < 1.29 is 14.1 Å². The van der Waals surface area contributed by atoms with Gasteiger partial charge in [-0.2, -0.15) is 0 Å². The average molecular weight is 291 g/mol. The molecule has 0 radical (unpaired) electrons. The van der Waals surface area contributed by atoms with E-state index in [1.54, 1.807) is 0 Å². The predicted octanol–water partition coefficient (Wildman–Crippen LogP) is 1.14. The fourth-order valence-corrected chi connectivity index (χ4v) is 2.97. The molecule has 2 aromatic rings. The van der Waals surface area contributed by atoms with Gasteiger partial charge in [0.2, 0.25) is 5.91 Å². The molecule has 1 aromatic heterocycles. The molecule has 1 aromatic carbocycles.